The maximum atomic E-state index is 13.7. The number of anilines is 1. The van der Waals surface area contributed by atoms with Crippen molar-refractivity contribution in [3.05, 3.63) is 77.0 Å². The smallest absolute Gasteiger partial charge is 0.293 e. The molecule has 160 valence electrons. The summed E-state index contributed by atoms with van der Waals surface area (Å²) >= 11 is 0. The van der Waals surface area contributed by atoms with E-state index in [-0.39, 0.29) is 17.5 Å². The second kappa shape index (κ2) is 7.74. The highest BCUT2D eigenvalue weighted by Crippen LogP contribution is 2.30. The number of imidazole rings is 1. The topological polar surface area (TPSA) is 69.3 Å². The average molecular weight is 437 g/mol. The second-order valence-corrected chi connectivity index (χ2v) is 6.39. The molecule has 0 aliphatic carbocycles. The van der Waals surface area contributed by atoms with E-state index in [1.54, 1.807) is 23.7 Å². The minimum atomic E-state index is -2.29. The summed E-state index contributed by atoms with van der Waals surface area (Å²) in [5.74, 6) is -12.9. The van der Waals surface area contributed by atoms with Gasteiger partial charge in [0.25, 0.3) is 5.91 Å². The summed E-state index contributed by atoms with van der Waals surface area (Å²) in [6.45, 7) is -0.683. The number of carbonyl (C=O) groups is 1. The van der Waals surface area contributed by atoms with E-state index < -0.39 is 47.3 Å². The van der Waals surface area contributed by atoms with Crippen LogP contribution in [-0.2, 0) is 13.7 Å². The number of rotatable bonds is 5. The summed E-state index contributed by atoms with van der Waals surface area (Å²) < 4.78 is 78.4. The summed E-state index contributed by atoms with van der Waals surface area (Å²) in [5, 5.41) is 2.56. The molecule has 4 rings (SSSR count). The number of benzene rings is 2. The Labute approximate surface area is 170 Å². The predicted octanol–water partition coefficient (Wildman–Crippen LogP) is 4.69. The molecule has 0 fully saturated rings. The molecule has 0 saturated carbocycles. The SMILES string of the molecule is Cn1c(NC(=O)c2ccc(COc3c(F)c(F)c(F)c(F)c3F)o2)nc2ccccc21. The number of nitrogens with one attached hydrogen (secondary N) is 1. The van der Waals surface area contributed by atoms with Gasteiger partial charge in [0.15, 0.2) is 11.5 Å². The van der Waals surface area contributed by atoms with Crippen molar-refractivity contribution >= 4 is 22.9 Å². The van der Waals surface area contributed by atoms with E-state index in [4.69, 9.17) is 9.15 Å². The van der Waals surface area contributed by atoms with Crippen molar-refractivity contribution < 1.29 is 35.9 Å². The molecule has 1 N–H and O–H groups in total. The zero-order chi connectivity index (χ0) is 22.3. The normalized spacial score (nSPS) is 11.2. The van der Waals surface area contributed by atoms with E-state index in [0.29, 0.717) is 5.52 Å². The average Bonchev–Trinajstić information content (AvgIpc) is 3.36. The molecule has 1 amide bonds. The van der Waals surface area contributed by atoms with Gasteiger partial charge in [0.2, 0.25) is 35.0 Å². The zero-order valence-electron chi connectivity index (χ0n) is 15.7. The molecule has 0 bridgehead atoms. The summed E-state index contributed by atoms with van der Waals surface area (Å²) in [5.41, 5.74) is 1.45. The third-order valence-electron chi connectivity index (χ3n) is 4.43. The molecule has 6 nitrogen and oxygen atoms in total. The number of halogens is 5. The summed E-state index contributed by atoms with van der Waals surface area (Å²) in [7, 11) is 1.70. The Bertz CT molecular complexity index is 1290. The molecule has 2 aromatic carbocycles. The van der Waals surface area contributed by atoms with E-state index in [1.807, 2.05) is 12.1 Å². The maximum absolute atomic E-state index is 13.7. The van der Waals surface area contributed by atoms with Crippen LogP contribution in [0.5, 0.6) is 5.75 Å². The highest BCUT2D eigenvalue weighted by molar-refractivity contribution is 6.02. The summed E-state index contributed by atoms with van der Waals surface area (Å²) in [6.07, 6.45) is 0. The number of aryl methyl sites for hydroxylation is 1. The first kappa shape index (κ1) is 20.4. The third-order valence-corrected chi connectivity index (χ3v) is 4.43. The first-order valence-corrected chi connectivity index (χ1v) is 8.73. The van der Waals surface area contributed by atoms with Crippen molar-refractivity contribution in [3.8, 4) is 5.75 Å². The number of fused-ring (bicyclic) bond motifs is 1. The Kier molecular flexibility index (Phi) is 5.09. The Morgan fingerprint density at radius 1 is 1.00 bits per heavy atom. The van der Waals surface area contributed by atoms with Crippen LogP contribution in [0.1, 0.15) is 16.3 Å². The number of carbonyl (C=O) groups excluding carboxylic acids is 1. The van der Waals surface area contributed by atoms with Crippen molar-refractivity contribution in [3.63, 3.8) is 0 Å². The van der Waals surface area contributed by atoms with E-state index >= 15 is 0 Å². The fourth-order valence-electron chi connectivity index (χ4n) is 2.85. The van der Waals surface area contributed by atoms with Crippen molar-refractivity contribution in [1.82, 2.24) is 9.55 Å². The zero-order valence-corrected chi connectivity index (χ0v) is 15.7. The van der Waals surface area contributed by atoms with Gasteiger partial charge in [-0.25, -0.2) is 18.2 Å². The molecule has 0 spiro atoms. The Morgan fingerprint density at radius 3 is 2.32 bits per heavy atom. The summed E-state index contributed by atoms with van der Waals surface area (Å²) in [6, 6.07) is 9.72. The number of ether oxygens (including phenoxy) is 1. The van der Waals surface area contributed by atoms with Gasteiger partial charge in [0.05, 0.1) is 11.0 Å². The van der Waals surface area contributed by atoms with Gasteiger partial charge in [-0.3, -0.25) is 10.1 Å². The number of para-hydroxylation sites is 2. The van der Waals surface area contributed by atoms with Gasteiger partial charge in [-0.2, -0.15) is 8.78 Å². The van der Waals surface area contributed by atoms with E-state index in [9.17, 15) is 26.7 Å². The van der Waals surface area contributed by atoms with Crippen LogP contribution in [0.25, 0.3) is 11.0 Å². The highest BCUT2D eigenvalue weighted by Gasteiger charge is 2.27. The molecule has 0 aliphatic heterocycles. The molecular formula is C20H12F5N3O3. The molecule has 11 heteroatoms. The van der Waals surface area contributed by atoms with E-state index in [1.165, 1.54) is 12.1 Å². The lowest BCUT2D eigenvalue weighted by atomic mass is 10.2. The lowest BCUT2D eigenvalue weighted by Crippen LogP contribution is -2.14. The van der Waals surface area contributed by atoms with Crippen molar-refractivity contribution in [2.75, 3.05) is 5.32 Å². The minimum absolute atomic E-state index is 0.0842. The Balaban J connectivity index is 1.49. The number of furan rings is 1. The van der Waals surface area contributed by atoms with Gasteiger partial charge < -0.3 is 13.7 Å². The lowest BCUT2D eigenvalue weighted by Gasteiger charge is -2.09. The van der Waals surface area contributed by atoms with Gasteiger partial charge in [-0.05, 0) is 24.3 Å². The molecule has 0 atom stereocenters. The fraction of sp³-hybridized carbons (Fsp3) is 0.100. The quantitative estimate of drug-likeness (QED) is 0.279. The first-order valence-electron chi connectivity index (χ1n) is 8.73. The Hall–Kier alpha value is -3.89. The first-order chi connectivity index (χ1) is 14.8. The van der Waals surface area contributed by atoms with Crippen LogP contribution in [0.3, 0.4) is 0 Å². The minimum Gasteiger partial charge on any atom is -0.479 e. The van der Waals surface area contributed by atoms with Crippen LogP contribution in [0.2, 0.25) is 0 Å². The van der Waals surface area contributed by atoms with Crippen LogP contribution in [0.15, 0.2) is 40.8 Å². The molecule has 31 heavy (non-hydrogen) atoms. The van der Waals surface area contributed by atoms with Crippen LogP contribution in [0.4, 0.5) is 27.9 Å². The van der Waals surface area contributed by atoms with Crippen molar-refractivity contribution in [2.45, 2.75) is 6.61 Å². The maximum Gasteiger partial charge on any atom is 0.293 e. The molecule has 0 unspecified atom stereocenters. The number of aromatic nitrogens is 2. The molecule has 0 aliphatic rings. The number of nitrogens with zero attached hydrogens (tertiary/aromatic N) is 2. The van der Waals surface area contributed by atoms with Gasteiger partial charge in [-0.15, -0.1) is 0 Å². The van der Waals surface area contributed by atoms with Gasteiger partial charge in [-0.1, -0.05) is 12.1 Å². The number of amides is 1. The molecule has 4 aromatic rings. The summed E-state index contributed by atoms with van der Waals surface area (Å²) in [4.78, 5) is 16.7. The van der Waals surface area contributed by atoms with Crippen molar-refractivity contribution in [1.29, 1.82) is 0 Å². The molecular weight excluding hydrogens is 425 g/mol. The van der Waals surface area contributed by atoms with Gasteiger partial charge >= 0.3 is 0 Å². The van der Waals surface area contributed by atoms with E-state index in [0.717, 1.165) is 5.52 Å². The monoisotopic (exact) mass is 437 g/mol. The van der Waals surface area contributed by atoms with Crippen LogP contribution in [-0.4, -0.2) is 15.5 Å². The van der Waals surface area contributed by atoms with Gasteiger partial charge in [0, 0.05) is 7.05 Å². The van der Waals surface area contributed by atoms with E-state index in [2.05, 4.69) is 10.3 Å². The highest BCUT2D eigenvalue weighted by atomic mass is 19.2. The van der Waals surface area contributed by atoms with Crippen LogP contribution < -0.4 is 10.1 Å². The number of hydrogen-bond donors (Lipinski definition) is 1. The molecule has 0 saturated heterocycles. The molecule has 2 aromatic heterocycles. The van der Waals surface area contributed by atoms with Crippen LogP contribution in [0, 0.1) is 29.1 Å². The predicted molar refractivity (Wildman–Crippen MR) is 97.9 cm³/mol. The largest absolute Gasteiger partial charge is 0.479 e. The molecule has 2 heterocycles. The molecule has 0 radical (unpaired) electrons. The lowest BCUT2D eigenvalue weighted by molar-refractivity contribution is 0.0991. The van der Waals surface area contributed by atoms with Crippen molar-refractivity contribution in [2.24, 2.45) is 7.05 Å². The third kappa shape index (κ3) is 3.58. The van der Waals surface area contributed by atoms with Crippen LogP contribution >= 0.6 is 0 Å². The van der Waals surface area contributed by atoms with Gasteiger partial charge in [0.1, 0.15) is 12.4 Å². The Morgan fingerprint density at radius 2 is 1.65 bits per heavy atom. The number of hydrogen-bond acceptors (Lipinski definition) is 4. The fourth-order valence-corrected chi connectivity index (χ4v) is 2.85. The second-order valence-electron chi connectivity index (χ2n) is 6.39. The standard InChI is InChI=1S/C20H12F5N3O3/c1-28-11-5-3-2-4-10(11)26-20(28)27-19(29)12-7-6-9(31-12)8-30-18-16(24)14(22)13(21)15(23)17(18)25/h2-7H,8H2,1H3,(H,26,27,29).